The van der Waals surface area contributed by atoms with Crippen LogP contribution in [0, 0.1) is 0 Å². The number of amides is 2. The number of hydrogen-bond donors (Lipinski definition) is 1. The molecule has 0 spiro atoms. The largest absolute Gasteiger partial charge is 0.497 e. The Balaban J connectivity index is 1.35. The van der Waals surface area contributed by atoms with E-state index in [0.29, 0.717) is 25.2 Å². The van der Waals surface area contributed by atoms with Crippen molar-refractivity contribution in [2.45, 2.75) is 45.4 Å². The molecule has 178 valence electrons. The summed E-state index contributed by atoms with van der Waals surface area (Å²) < 4.78 is 11.0. The zero-order valence-corrected chi connectivity index (χ0v) is 20.2. The third-order valence-electron chi connectivity index (χ3n) is 6.34. The third-order valence-corrected chi connectivity index (χ3v) is 6.34. The van der Waals surface area contributed by atoms with Crippen LogP contribution in [0.15, 0.2) is 60.7 Å². The van der Waals surface area contributed by atoms with Crippen molar-refractivity contribution in [1.82, 2.24) is 10.2 Å². The molecule has 1 heterocycles. The van der Waals surface area contributed by atoms with E-state index >= 15 is 0 Å². The van der Waals surface area contributed by atoms with Crippen LogP contribution >= 0.6 is 0 Å². The normalized spacial score (nSPS) is 19.0. The molecule has 0 bridgehead atoms. The summed E-state index contributed by atoms with van der Waals surface area (Å²) >= 11 is 0. The van der Waals surface area contributed by atoms with Crippen molar-refractivity contribution in [2.75, 3.05) is 20.2 Å². The number of ether oxygens (including phenoxy) is 2. The molecule has 3 aromatic rings. The van der Waals surface area contributed by atoms with Crippen LogP contribution in [-0.2, 0) is 16.1 Å². The molecular weight excluding hydrogens is 428 g/mol. The smallest absolute Gasteiger partial charge is 0.254 e. The van der Waals surface area contributed by atoms with Gasteiger partial charge in [-0.2, -0.15) is 0 Å². The van der Waals surface area contributed by atoms with Gasteiger partial charge in [0.1, 0.15) is 5.75 Å². The van der Waals surface area contributed by atoms with E-state index in [0.717, 1.165) is 27.6 Å². The van der Waals surface area contributed by atoms with E-state index in [-0.39, 0.29) is 29.9 Å². The maximum absolute atomic E-state index is 12.8. The molecule has 0 radical (unpaired) electrons. The summed E-state index contributed by atoms with van der Waals surface area (Å²) in [6, 6.07) is 19.4. The highest BCUT2D eigenvalue weighted by molar-refractivity contribution is 5.94. The van der Waals surface area contributed by atoms with Gasteiger partial charge in [0.05, 0.1) is 25.2 Å². The molecule has 1 aliphatic rings. The number of fused-ring (bicyclic) bond motifs is 1. The molecule has 0 aliphatic carbocycles. The lowest BCUT2D eigenvalue weighted by Gasteiger charge is -2.35. The topological polar surface area (TPSA) is 67.9 Å². The predicted octanol–water partition coefficient (Wildman–Crippen LogP) is 4.52. The minimum Gasteiger partial charge on any atom is -0.497 e. The van der Waals surface area contributed by atoms with Gasteiger partial charge < -0.3 is 19.7 Å². The fourth-order valence-corrected chi connectivity index (χ4v) is 4.42. The minimum atomic E-state index is -0.280. The molecular formula is C28H32N2O4. The first-order chi connectivity index (χ1) is 16.3. The summed E-state index contributed by atoms with van der Waals surface area (Å²) in [5, 5.41) is 5.16. The number of hydrogen-bond acceptors (Lipinski definition) is 4. The average Bonchev–Trinajstić information content (AvgIpc) is 2.85. The lowest BCUT2D eigenvalue weighted by molar-refractivity contribution is -0.122. The number of morpholine rings is 1. The molecule has 1 saturated heterocycles. The van der Waals surface area contributed by atoms with Crippen LogP contribution in [0.4, 0.5) is 0 Å². The minimum absolute atomic E-state index is 0.0140. The second kappa shape index (κ2) is 10.3. The van der Waals surface area contributed by atoms with E-state index < -0.39 is 0 Å². The molecule has 1 fully saturated rings. The molecule has 1 aliphatic heterocycles. The monoisotopic (exact) mass is 460 g/mol. The Labute approximate surface area is 200 Å². The van der Waals surface area contributed by atoms with Gasteiger partial charge in [-0.15, -0.1) is 0 Å². The van der Waals surface area contributed by atoms with Crippen LogP contribution < -0.4 is 10.1 Å². The van der Waals surface area contributed by atoms with Gasteiger partial charge in [0.2, 0.25) is 5.91 Å². The molecule has 34 heavy (non-hydrogen) atoms. The van der Waals surface area contributed by atoms with Gasteiger partial charge in [-0.05, 0) is 66.9 Å². The number of nitrogens with one attached hydrogen (secondary N) is 1. The van der Waals surface area contributed by atoms with E-state index in [1.54, 1.807) is 7.11 Å². The Morgan fingerprint density at radius 3 is 2.32 bits per heavy atom. The van der Waals surface area contributed by atoms with Crippen molar-refractivity contribution in [3.05, 3.63) is 77.4 Å². The number of methoxy groups -OCH3 is 1. The van der Waals surface area contributed by atoms with Crippen molar-refractivity contribution in [3.63, 3.8) is 0 Å². The molecule has 3 aromatic carbocycles. The van der Waals surface area contributed by atoms with Gasteiger partial charge in [0, 0.05) is 25.2 Å². The first-order valence-electron chi connectivity index (χ1n) is 11.7. The van der Waals surface area contributed by atoms with Crippen molar-refractivity contribution >= 4 is 22.6 Å². The number of rotatable bonds is 6. The Morgan fingerprint density at radius 2 is 1.65 bits per heavy atom. The maximum atomic E-state index is 12.8. The highest BCUT2D eigenvalue weighted by Crippen LogP contribution is 2.25. The van der Waals surface area contributed by atoms with Crippen LogP contribution in [0.5, 0.6) is 5.75 Å². The van der Waals surface area contributed by atoms with Gasteiger partial charge in [-0.1, -0.05) is 36.4 Å². The summed E-state index contributed by atoms with van der Waals surface area (Å²) in [5.41, 5.74) is 2.56. The fraction of sp³-hybridized carbons (Fsp3) is 0.357. The van der Waals surface area contributed by atoms with E-state index in [1.165, 1.54) is 0 Å². The molecule has 2 amide bonds. The van der Waals surface area contributed by atoms with Gasteiger partial charge in [-0.25, -0.2) is 0 Å². The van der Waals surface area contributed by atoms with Crippen molar-refractivity contribution in [1.29, 1.82) is 0 Å². The van der Waals surface area contributed by atoms with E-state index in [4.69, 9.17) is 9.47 Å². The third kappa shape index (κ3) is 5.39. The van der Waals surface area contributed by atoms with Gasteiger partial charge in [0.25, 0.3) is 5.91 Å². The SMILES string of the molecule is COc1ccc2cc([C@H](C)C(=O)NCc3ccc(C(=O)N4CC(C)OC(C)C4)cc3)ccc2c1. The molecule has 3 atom stereocenters. The number of nitrogens with zero attached hydrogens (tertiary/aromatic N) is 1. The lowest BCUT2D eigenvalue weighted by atomic mass is 9.97. The highest BCUT2D eigenvalue weighted by atomic mass is 16.5. The summed E-state index contributed by atoms with van der Waals surface area (Å²) in [6.45, 7) is 7.48. The lowest BCUT2D eigenvalue weighted by Crippen LogP contribution is -2.48. The van der Waals surface area contributed by atoms with Crippen LogP contribution in [0.25, 0.3) is 10.8 Å². The van der Waals surface area contributed by atoms with E-state index in [9.17, 15) is 9.59 Å². The predicted molar refractivity (Wildman–Crippen MR) is 133 cm³/mol. The summed E-state index contributed by atoms with van der Waals surface area (Å²) in [5.74, 6) is 0.509. The zero-order valence-electron chi connectivity index (χ0n) is 20.2. The number of benzene rings is 3. The first kappa shape index (κ1) is 23.8. The Bertz CT molecular complexity index is 1160. The first-order valence-corrected chi connectivity index (χ1v) is 11.7. The molecule has 0 saturated carbocycles. The summed E-state index contributed by atoms with van der Waals surface area (Å²) in [7, 11) is 1.65. The van der Waals surface area contributed by atoms with Crippen molar-refractivity contribution < 1.29 is 19.1 Å². The van der Waals surface area contributed by atoms with Crippen LogP contribution in [-0.4, -0.2) is 49.1 Å². The quantitative estimate of drug-likeness (QED) is 0.587. The maximum Gasteiger partial charge on any atom is 0.254 e. The van der Waals surface area contributed by atoms with E-state index in [1.807, 2.05) is 86.3 Å². The van der Waals surface area contributed by atoms with E-state index in [2.05, 4.69) is 5.32 Å². The van der Waals surface area contributed by atoms with Gasteiger partial charge in [0.15, 0.2) is 0 Å². The highest BCUT2D eigenvalue weighted by Gasteiger charge is 2.26. The van der Waals surface area contributed by atoms with Crippen LogP contribution in [0.2, 0.25) is 0 Å². The summed E-state index contributed by atoms with van der Waals surface area (Å²) in [4.78, 5) is 27.5. The molecule has 6 heteroatoms. The zero-order chi connectivity index (χ0) is 24.2. The van der Waals surface area contributed by atoms with Gasteiger partial charge >= 0.3 is 0 Å². The Morgan fingerprint density at radius 1 is 1.00 bits per heavy atom. The number of carbonyl (C=O) groups excluding carboxylic acids is 2. The second-order valence-electron chi connectivity index (χ2n) is 9.08. The van der Waals surface area contributed by atoms with Crippen molar-refractivity contribution in [3.8, 4) is 5.75 Å². The average molecular weight is 461 g/mol. The number of carbonyl (C=O) groups is 2. The fourth-order valence-electron chi connectivity index (χ4n) is 4.42. The van der Waals surface area contributed by atoms with Crippen LogP contribution in [0.3, 0.4) is 0 Å². The molecule has 2 unspecified atom stereocenters. The Hall–Kier alpha value is -3.38. The standard InChI is InChI=1S/C28H32N2O4/c1-18-16-30(17-19(2)34-18)28(32)22-7-5-21(6-8-22)15-29-27(31)20(3)23-9-10-25-14-26(33-4)12-11-24(25)13-23/h5-14,18-20H,15-17H2,1-4H3,(H,29,31)/t18?,19?,20-/m0/s1. The Kier molecular flexibility index (Phi) is 7.17. The van der Waals surface area contributed by atoms with Crippen LogP contribution in [0.1, 0.15) is 48.2 Å². The molecule has 0 aromatic heterocycles. The molecule has 6 nitrogen and oxygen atoms in total. The molecule has 4 rings (SSSR count). The summed E-state index contributed by atoms with van der Waals surface area (Å²) in [6.07, 6.45) is 0.0733. The molecule has 1 N–H and O–H groups in total. The second-order valence-corrected chi connectivity index (χ2v) is 9.08. The van der Waals surface area contributed by atoms with Crippen molar-refractivity contribution in [2.24, 2.45) is 0 Å². The van der Waals surface area contributed by atoms with Gasteiger partial charge in [-0.3, -0.25) is 9.59 Å².